The first-order chi connectivity index (χ1) is 9.50. The van der Waals surface area contributed by atoms with E-state index in [9.17, 15) is 42.8 Å². The SMILES string of the molecule is O=CP(=O)(O)c1cc(P(=O)(O)C=O)cc(P(=O)(O)C=O)c1. The van der Waals surface area contributed by atoms with Gasteiger partial charge in [-0.05, 0) is 18.2 Å². The van der Waals surface area contributed by atoms with Gasteiger partial charge in [0.1, 0.15) is 0 Å². The molecule has 0 spiro atoms. The first-order valence-corrected chi connectivity index (χ1v) is 10.2. The molecule has 0 heterocycles. The Morgan fingerprint density at radius 3 is 0.952 bits per heavy atom. The van der Waals surface area contributed by atoms with Gasteiger partial charge in [-0.3, -0.25) is 28.1 Å². The highest BCUT2D eigenvalue weighted by atomic mass is 31.2. The molecular weight excluding hydrogens is 345 g/mol. The Labute approximate surface area is 118 Å². The van der Waals surface area contributed by atoms with Crippen LogP contribution in [0.3, 0.4) is 0 Å². The molecule has 0 saturated heterocycles. The summed E-state index contributed by atoms with van der Waals surface area (Å²) in [6.45, 7) is 0. The lowest BCUT2D eigenvalue weighted by atomic mass is 10.4. The Morgan fingerprint density at radius 1 is 0.619 bits per heavy atom. The average Bonchev–Trinajstić information content (AvgIpc) is 2.46. The van der Waals surface area contributed by atoms with Crippen LogP contribution < -0.4 is 15.9 Å². The highest BCUT2D eigenvalue weighted by Crippen LogP contribution is 2.42. The van der Waals surface area contributed by atoms with Crippen LogP contribution in [0.4, 0.5) is 0 Å². The van der Waals surface area contributed by atoms with Crippen molar-refractivity contribution in [3.8, 4) is 0 Å². The van der Waals surface area contributed by atoms with Crippen molar-refractivity contribution in [1.29, 1.82) is 0 Å². The van der Waals surface area contributed by atoms with Gasteiger partial charge in [0, 0.05) is 15.9 Å². The van der Waals surface area contributed by atoms with Crippen molar-refractivity contribution in [3.05, 3.63) is 18.2 Å². The predicted molar refractivity (Wildman–Crippen MR) is 75.1 cm³/mol. The van der Waals surface area contributed by atoms with Crippen LogP contribution in [0.25, 0.3) is 0 Å². The summed E-state index contributed by atoms with van der Waals surface area (Å²) in [5.74, 6) is 0. The minimum absolute atomic E-state index is 0.345. The standard InChI is InChI=1S/C9H9O9P3/c10-4-19(13,14)7-1-8(20(15,16)5-11)3-9(2-7)21(17,18)6-12/h1-6H,(H,13,14)(H,15,16)(H,17,18). The van der Waals surface area contributed by atoms with E-state index in [1.807, 2.05) is 0 Å². The summed E-state index contributed by atoms with van der Waals surface area (Å²) in [5, 5.41) is -2.22. The molecule has 3 atom stereocenters. The van der Waals surface area contributed by atoms with E-state index in [0.29, 0.717) is 18.2 Å². The number of hydrogen-bond acceptors (Lipinski definition) is 6. The Hall–Kier alpha value is -1.20. The molecule has 0 amide bonds. The van der Waals surface area contributed by atoms with E-state index in [-0.39, 0.29) is 18.1 Å². The third-order valence-corrected chi connectivity index (χ3v) is 6.28. The van der Waals surface area contributed by atoms with Crippen molar-refractivity contribution in [2.75, 3.05) is 0 Å². The van der Waals surface area contributed by atoms with Crippen LogP contribution in [0.2, 0.25) is 0 Å². The summed E-state index contributed by atoms with van der Waals surface area (Å²) in [4.78, 5) is 59.9. The van der Waals surface area contributed by atoms with Crippen molar-refractivity contribution in [1.82, 2.24) is 0 Å². The van der Waals surface area contributed by atoms with Gasteiger partial charge in [-0.1, -0.05) is 0 Å². The minimum Gasteiger partial charge on any atom is -0.336 e. The molecule has 3 N–H and O–H groups in total. The smallest absolute Gasteiger partial charge is 0.290 e. The third-order valence-electron chi connectivity index (χ3n) is 2.43. The molecule has 0 fully saturated rings. The van der Waals surface area contributed by atoms with Crippen LogP contribution in [0, 0.1) is 0 Å². The van der Waals surface area contributed by atoms with Gasteiger partial charge >= 0.3 is 0 Å². The van der Waals surface area contributed by atoms with Gasteiger partial charge in [0.2, 0.25) is 18.1 Å². The predicted octanol–water partition coefficient (Wildman–Crippen LogP) is -1.06. The molecule has 0 aliphatic carbocycles. The largest absolute Gasteiger partial charge is 0.336 e. The van der Waals surface area contributed by atoms with Gasteiger partial charge in [-0.25, -0.2) is 0 Å². The average molecular weight is 354 g/mol. The molecule has 0 bridgehead atoms. The Balaban J connectivity index is 3.79. The first-order valence-electron chi connectivity index (χ1n) is 5.03. The molecule has 0 aliphatic rings. The lowest BCUT2D eigenvalue weighted by Crippen LogP contribution is -2.23. The van der Waals surface area contributed by atoms with E-state index >= 15 is 0 Å². The fourth-order valence-electron chi connectivity index (χ4n) is 1.32. The summed E-state index contributed by atoms with van der Waals surface area (Å²) in [7, 11) is -13.8. The fourth-order valence-corrected chi connectivity index (χ4v) is 3.93. The summed E-state index contributed by atoms with van der Waals surface area (Å²) in [5.41, 5.74) is 0. The molecule has 0 aliphatic heterocycles. The fraction of sp³-hybridized carbons (Fsp3) is 0. The second kappa shape index (κ2) is 5.89. The summed E-state index contributed by atoms with van der Waals surface area (Å²) in [6, 6.07) is 0.836. The molecule has 1 aromatic rings. The number of carbonyl (C=O) groups excluding carboxylic acids is 3. The first kappa shape index (κ1) is 17.9. The normalized spacial score (nSPS) is 19.6. The highest BCUT2D eigenvalue weighted by Gasteiger charge is 2.31. The van der Waals surface area contributed by atoms with E-state index in [2.05, 4.69) is 0 Å². The second-order valence-electron chi connectivity index (χ2n) is 3.89. The van der Waals surface area contributed by atoms with Crippen LogP contribution in [-0.4, -0.2) is 32.8 Å². The molecule has 114 valence electrons. The number of rotatable bonds is 6. The van der Waals surface area contributed by atoms with E-state index in [0.717, 1.165) is 0 Å². The monoisotopic (exact) mass is 354 g/mol. The van der Waals surface area contributed by atoms with E-state index < -0.39 is 38.0 Å². The molecule has 3 unspecified atom stereocenters. The van der Waals surface area contributed by atoms with E-state index in [4.69, 9.17) is 0 Å². The maximum atomic E-state index is 11.6. The van der Waals surface area contributed by atoms with Gasteiger partial charge in [0.15, 0.2) is 0 Å². The highest BCUT2D eigenvalue weighted by molar-refractivity contribution is 7.82. The maximum Gasteiger partial charge on any atom is 0.290 e. The van der Waals surface area contributed by atoms with Gasteiger partial charge in [-0.2, -0.15) is 0 Å². The zero-order chi connectivity index (χ0) is 16.5. The maximum absolute atomic E-state index is 11.6. The molecule has 12 heteroatoms. The minimum atomic E-state index is -4.62. The van der Waals surface area contributed by atoms with Crippen molar-refractivity contribution >= 4 is 56.1 Å². The summed E-state index contributed by atoms with van der Waals surface area (Å²) < 4.78 is 34.8. The molecular formula is C9H9O9P3. The Morgan fingerprint density at radius 2 is 0.810 bits per heavy atom. The van der Waals surface area contributed by atoms with Crippen LogP contribution in [0.1, 0.15) is 0 Å². The Kier molecular flexibility index (Phi) is 5.01. The molecule has 0 aromatic heterocycles. The Bertz CT molecular complexity index is 641. The topological polar surface area (TPSA) is 163 Å². The molecule has 0 saturated carbocycles. The molecule has 9 nitrogen and oxygen atoms in total. The molecule has 1 rings (SSSR count). The van der Waals surface area contributed by atoms with Gasteiger partial charge < -0.3 is 14.7 Å². The quantitative estimate of drug-likeness (QED) is 0.427. The van der Waals surface area contributed by atoms with Crippen molar-refractivity contribution in [3.63, 3.8) is 0 Å². The lowest BCUT2D eigenvalue weighted by molar-refractivity contribution is 0.492. The summed E-state index contributed by atoms with van der Waals surface area (Å²) in [6.07, 6.45) is 0. The van der Waals surface area contributed by atoms with E-state index in [1.165, 1.54) is 0 Å². The van der Waals surface area contributed by atoms with Crippen molar-refractivity contribution < 1.29 is 42.8 Å². The molecule has 0 radical (unpaired) electrons. The number of hydrogen-bond donors (Lipinski definition) is 3. The van der Waals surface area contributed by atoms with Crippen LogP contribution >= 0.6 is 22.1 Å². The molecule has 21 heavy (non-hydrogen) atoms. The van der Waals surface area contributed by atoms with Gasteiger partial charge in [-0.15, -0.1) is 0 Å². The zero-order valence-electron chi connectivity index (χ0n) is 10.1. The lowest BCUT2D eigenvalue weighted by Gasteiger charge is -2.13. The van der Waals surface area contributed by atoms with Gasteiger partial charge in [0.25, 0.3) is 22.1 Å². The zero-order valence-corrected chi connectivity index (χ0v) is 12.8. The van der Waals surface area contributed by atoms with E-state index in [1.54, 1.807) is 0 Å². The summed E-state index contributed by atoms with van der Waals surface area (Å²) >= 11 is 0. The third kappa shape index (κ3) is 3.71. The van der Waals surface area contributed by atoms with Crippen LogP contribution in [-0.2, 0) is 28.1 Å². The number of benzene rings is 1. The van der Waals surface area contributed by atoms with Crippen molar-refractivity contribution in [2.45, 2.75) is 0 Å². The molecule has 1 aromatic carbocycles. The van der Waals surface area contributed by atoms with Crippen LogP contribution in [0.5, 0.6) is 0 Å². The number of carbonyl (C=O) groups is 3. The van der Waals surface area contributed by atoms with Crippen LogP contribution in [0.15, 0.2) is 18.2 Å². The van der Waals surface area contributed by atoms with Crippen molar-refractivity contribution in [2.24, 2.45) is 0 Å². The second-order valence-corrected chi connectivity index (χ2v) is 9.81. The van der Waals surface area contributed by atoms with Gasteiger partial charge in [0.05, 0.1) is 0 Å².